The van der Waals surface area contributed by atoms with Gasteiger partial charge in [-0.15, -0.1) is 11.3 Å². The lowest BCUT2D eigenvalue weighted by Gasteiger charge is -2.00. The van der Waals surface area contributed by atoms with Crippen LogP contribution < -0.4 is 5.32 Å². The van der Waals surface area contributed by atoms with Crippen LogP contribution in [0.25, 0.3) is 10.2 Å². The molecule has 0 saturated carbocycles. The lowest BCUT2D eigenvalue weighted by molar-refractivity contribution is 0.639. The Morgan fingerprint density at radius 1 is 1.25 bits per heavy atom. The lowest BCUT2D eigenvalue weighted by Crippen LogP contribution is -2.18. The average molecular weight is 234 g/mol. The molecular formula is C13H18N2S. The van der Waals surface area contributed by atoms with Crippen LogP contribution in [0.1, 0.15) is 24.8 Å². The molecule has 86 valence electrons. The number of thiazole rings is 1. The number of para-hydroxylation sites is 1. The van der Waals surface area contributed by atoms with Gasteiger partial charge in [0.1, 0.15) is 0 Å². The molecule has 0 unspecified atom stereocenters. The van der Waals surface area contributed by atoms with Crippen molar-refractivity contribution in [3.05, 3.63) is 29.3 Å². The highest BCUT2D eigenvalue weighted by atomic mass is 32.1. The number of nitrogens with one attached hydrogen (secondary N) is 1. The Bertz CT molecular complexity index is 403. The highest BCUT2D eigenvalue weighted by molar-refractivity contribution is 7.18. The molecule has 0 fully saturated rings. The summed E-state index contributed by atoms with van der Waals surface area (Å²) in [5.41, 5.74) is 1.14. The smallest absolute Gasteiger partial charge is 0.0951 e. The van der Waals surface area contributed by atoms with Gasteiger partial charge in [-0.3, -0.25) is 0 Å². The Kier molecular flexibility index (Phi) is 4.31. The van der Waals surface area contributed by atoms with Crippen LogP contribution in [0.2, 0.25) is 0 Å². The summed E-state index contributed by atoms with van der Waals surface area (Å²) in [4.78, 5) is 4.61. The van der Waals surface area contributed by atoms with Crippen molar-refractivity contribution in [3.63, 3.8) is 0 Å². The second-order valence-electron chi connectivity index (χ2n) is 3.93. The standard InChI is InChI=1S/C13H18N2S/c1-2-3-9-14-10-8-13-15-11-6-4-5-7-12(11)16-13/h4-7,14H,2-3,8-10H2,1H3. The number of benzene rings is 1. The SMILES string of the molecule is CCCCNCCc1nc2ccccc2s1. The first-order chi connectivity index (χ1) is 7.90. The van der Waals surface area contributed by atoms with Crippen molar-refractivity contribution < 1.29 is 0 Å². The van der Waals surface area contributed by atoms with Crippen molar-refractivity contribution in [2.75, 3.05) is 13.1 Å². The molecule has 0 amide bonds. The van der Waals surface area contributed by atoms with Gasteiger partial charge >= 0.3 is 0 Å². The maximum Gasteiger partial charge on any atom is 0.0951 e. The molecule has 2 aromatic rings. The Balaban J connectivity index is 1.85. The number of hydrogen-bond donors (Lipinski definition) is 1. The fourth-order valence-corrected chi connectivity index (χ4v) is 2.62. The van der Waals surface area contributed by atoms with E-state index in [2.05, 4.69) is 35.4 Å². The van der Waals surface area contributed by atoms with E-state index >= 15 is 0 Å². The maximum absolute atomic E-state index is 4.61. The van der Waals surface area contributed by atoms with Crippen molar-refractivity contribution in [3.8, 4) is 0 Å². The van der Waals surface area contributed by atoms with Crippen LogP contribution in [0.5, 0.6) is 0 Å². The van der Waals surface area contributed by atoms with Gasteiger partial charge in [0.25, 0.3) is 0 Å². The Morgan fingerprint density at radius 3 is 2.94 bits per heavy atom. The minimum absolute atomic E-state index is 1.04. The number of aromatic nitrogens is 1. The molecule has 3 heteroatoms. The molecule has 1 aromatic heterocycles. The van der Waals surface area contributed by atoms with Gasteiger partial charge in [-0.25, -0.2) is 4.98 Å². The summed E-state index contributed by atoms with van der Waals surface area (Å²) in [5, 5.41) is 4.69. The molecule has 0 aliphatic rings. The van der Waals surface area contributed by atoms with E-state index in [1.54, 1.807) is 0 Å². The molecule has 0 saturated heterocycles. The Labute approximate surface area is 101 Å². The van der Waals surface area contributed by atoms with Gasteiger partial charge in [0, 0.05) is 13.0 Å². The molecule has 0 aliphatic carbocycles. The summed E-state index contributed by atoms with van der Waals surface area (Å²) in [5.74, 6) is 0. The van der Waals surface area contributed by atoms with Crippen LogP contribution in [0, 0.1) is 0 Å². The molecule has 1 aromatic carbocycles. The molecule has 0 bridgehead atoms. The van der Waals surface area contributed by atoms with Gasteiger partial charge in [-0.05, 0) is 25.1 Å². The summed E-state index contributed by atoms with van der Waals surface area (Å²) < 4.78 is 1.30. The zero-order valence-corrected chi connectivity index (χ0v) is 10.5. The molecule has 1 N–H and O–H groups in total. The van der Waals surface area contributed by atoms with Crippen molar-refractivity contribution in [1.82, 2.24) is 10.3 Å². The predicted molar refractivity (Wildman–Crippen MR) is 71.1 cm³/mol. The van der Waals surface area contributed by atoms with Gasteiger partial charge in [-0.2, -0.15) is 0 Å². The van der Waals surface area contributed by atoms with E-state index in [4.69, 9.17) is 0 Å². The molecule has 0 spiro atoms. The first-order valence-corrected chi connectivity index (χ1v) is 6.77. The number of nitrogens with zero attached hydrogens (tertiary/aromatic N) is 1. The highest BCUT2D eigenvalue weighted by Gasteiger charge is 2.01. The summed E-state index contributed by atoms with van der Waals surface area (Å²) >= 11 is 1.81. The van der Waals surface area contributed by atoms with E-state index in [9.17, 15) is 0 Å². The molecule has 2 rings (SSSR count). The first kappa shape index (κ1) is 11.6. The topological polar surface area (TPSA) is 24.9 Å². The zero-order valence-electron chi connectivity index (χ0n) is 9.70. The van der Waals surface area contributed by atoms with Crippen molar-refractivity contribution >= 4 is 21.6 Å². The van der Waals surface area contributed by atoms with E-state index < -0.39 is 0 Å². The molecule has 0 radical (unpaired) electrons. The van der Waals surface area contributed by atoms with Crippen LogP contribution in [0.4, 0.5) is 0 Å². The summed E-state index contributed by atoms with van der Waals surface area (Å²) in [6.45, 7) is 4.39. The van der Waals surface area contributed by atoms with E-state index in [0.29, 0.717) is 0 Å². The minimum atomic E-state index is 1.04. The van der Waals surface area contributed by atoms with E-state index in [0.717, 1.165) is 25.0 Å². The Morgan fingerprint density at radius 2 is 2.12 bits per heavy atom. The quantitative estimate of drug-likeness (QED) is 0.776. The van der Waals surface area contributed by atoms with Gasteiger partial charge in [0.2, 0.25) is 0 Å². The van der Waals surface area contributed by atoms with Gasteiger partial charge in [-0.1, -0.05) is 25.5 Å². The lowest BCUT2D eigenvalue weighted by atomic mass is 10.3. The van der Waals surface area contributed by atoms with Gasteiger partial charge < -0.3 is 5.32 Å². The Hall–Kier alpha value is -0.930. The molecule has 16 heavy (non-hydrogen) atoms. The van der Waals surface area contributed by atoms with Crippen LogP contribution in [-0.4, -0.2) is 18.1 Å². The second kappa shape index (κ2) is 5.97. The van der Waals surface area contributed by atoms with E-state index in [-0.39, 0.29) is 0 Å². The minimum Gasteiger partial charge on any atom is -0.316 e. The molecular weight excluding hydrogens is 216 g/mol. The van der Waals surface area contributed by atoms with E-state index in [1.807, 2.05) is 17.4 Å². The maximum atomic E-state index is 4.61. The number of unbranched alkanes of at least 4 members (excludes halogenated alkanes) is 1. The fourth-order valence-electron chi connectivity index (χ4n) is 1.65. The third-order valence-electron chi connectivity index (χ3n) is 2.56. The number of hydrogen-bond acceptors (Lipinski definition) is 3. The van der Waals surface area contributed by atoms with Crippen LogP contribution in [0.3, 0.4) is 0 Å². The van der Waals surface area contributed by atoms with Crippen LogP contribution >= 0.6 is 11.3 Å². The third kappa shape index (κ3) is 3.03. The monoisotopic (exact) mass is 234 g/mol. The van der Waals surface area contributed by atoms with Gasteiger partial charge in [0.15, 0.2) is 0 Å². The predicted octanol–water partition coefficient (Wildman–Crippen LogP) is 3.23. The van der Waals surface area contributed by atoms with Crippen molar-refractivity contribution in [1.29, 1.82) is 0 Å². The second-order valence-corrected chi connectivity index (χ2v) is 5.04. The highest BCUT2D eigenvalue weighted by Crippen LogP contribution is 2.21. The fraction of sp³-hybridized carbons (Fsp3) is 0.462. The number of rotatable bonds is 6. The molecule has 2 nitrogen and oxygen atoms in total. The van der Waals surface area contributed by atoms with Crippen molar-refractivity contribution in [2.24, 2.45) is 0 Å². The summed E-state index contributed by atoms with van der Waals surface area (Å²) in [6, 6.07) is 8.34. The molecule has 0 atom stereocenters. The third-order valence-corrected chi connectivity index (χ3v) is 3.66. The average Bonchev–Trinajstić information content (AvgIpc) is 2.71. The summed E-state index contributed by atoms with van der Waals surface area (Å²) in [7, 11) is 0. The van der Waals surface area contributed by atoms with Crippen LogP contribution in [0.15, 0.2) is 24.3 Å². The summed E-state index contributed by atoms with van der Waals surface area (Å²) in [6.07, 6.45) is 3.57. The number of fused-ring (bicyclic) bond motifs is 1. The molecule has 0 aliphatic heterocycles. The van der Waals surface area contributed by atoms with Gasteiger partial charge in [0.05, 0.1) is 15.2 Å². The van der Waals surface area contributed by atoms with Crippen LogP contribution in [-0.2, 0) is 6.42 Å². The molecule has 1 heterocycles. The zero-order chi connectivity index (χ0) is 11.2. The normalized spacial score (nSPS) is 11.1. The van der Waals surface area contributed by atoms with E-state index in [1.165, 1.54) is 22.5 Å². The first-order valence-electron chi connectivity index (χ1n) is 5.95. The van der Waals surface area contributed by atoms with Crippen molar-refractivity contribution in [2.45, 2.75) is 26.2 Å². The largest absolute Gasteiger partial charge is 0.316 e.